The van der Waals surface area contributed by atoms with Crippen LogP contribution in [0.4, 0.5) is 5.69 Å². The molecule has 0 unspecified atom stereocenters. The second-order valence-electron chi connectivity index (χ2n) is 4.40. The van der Waals surface area contributed by atoms with Gasteiger partial charge in [0.1, 0.15) is 0 Å². The standard InChI is InChI=1S/C15H18BrNO/c1-4-5-6-7-8-14(18)17-15-12(3)9-11(2)10-13(15)16/h1,9-10H,5-8H2,2-3H3,(H,17,18). The Morgan fingerprint density at radius 1 is 1.39 bits per heavy atom. The lowest BCUT2D eigenvalue weighted by Gasteiger charge is -2.11. The van der Waals surface area contributed by atoms with Crippen LogP contribution in [0.5, 0.6) is 0 Å². The summed E-state index contributed by atoms with van der Waals surface area (Å²) in [5.41, 5.74) is 3.10. The van der Waals surface area contributed by atoms with Crippen LogP contribution >= 0.6 is 15.9 Å². The molecule has 0 bridgehead atoms. The number of halogens is 1. The highest BCUT2D eigenvalue weighted by atomic mass is 79.9. The number of amides is 1. The van der Waals surface area contributed by atoms with Crippen LogP contribution in [-0.4, -0.2) is 5.91 Å². The second kappa shape index (κ2) is 7.23. The van der Waals surface area contributed by atoms with Gasteiger partial charge in [-0.25, -0.2) is 0 Å². The molecule has 0 aliphatic heterocycles. The van der Waals surface area contributed by atoms with E-state index in [4.69, 9.17) is 6.42 Å². The van der Waals surface area contributed by atoms with E-state index in [-0.39, 0.29) is 5.91 Å². The first-order chi connectivity index (χ1) is 8.54. The molecule has 0 heterocycles. The highest BCUT2D eigenvalue weighted by molar-refractivity contribution is 9.10. The van der Waals surface area contributed by atoms with Crippen LogP contribution in [0.3, 0.4) is 0 Å². The normalized spacial score (nSPS) is 9.89. The Kier molecular flexibility index (Phi) is 5.94. The maximum Gasteiger partial charge on any atom is 0.224 e. The van der Waals surface area contributed by atoms with E-state index in [0.717, 1.165) is 35.0 Å². The van der Waals surface area contributed by atoms with Crippen molar-refractivity contribution in [2.24, 2.45) is 0 Å². The van der Waals surface area contributed by atoms with Crippen LogP contribution in [-0.2, 0) is 4.79 Å². The Bertz CT molecular complexity index is 451. The number of hydrogen-bond acceptors (Lipinski definition) is 1. The molecule has 0 aliphatic rings. The minimum atomic E-state index is 0.0414. The van der Waals surface area contributed by atoms with Crippen molar-refractivity contribution >= 4 is 27.5 Å². The summed E-state index contributed by atoms with van der Waals surface area (Å²) in [6.45, 7) is 4.02. The molecule has 0 spiro atoms. The highest BCUT2D eigenvalue weighted by Gasteiger charge is 2.08. The van der Waals surface area contributed by atoms with Crippen molar-refractivity contribution in [1.82, 2.24) is 0 Å². The number of aryl methyl sites for hydroxylation is 2. The third-order valence-corrected chi connectivity index (χ3v) is 3.30. The summed E-state index contributed by atoms with van der Waals surface area (Å²) in [6, 6.07) is 4.06. The van der Waals surface area contributed by atoms with E-state index in [1.807, 2.05) is 19.9 Å². The summed E-state index contributed by atoms with van der Waals surface area (Å²) in [5.74, 6) is 2.62. The molecular weight excluding hydrogens is 290 g/mol. The molecule has 1 aromatic rings. The molecule has 0 aromatic heterocycles. The SMILES string of the molecule is C#CCCCCC(=O)Nc1c(C)cc(C)cc1Br. The number of hydrogen-bond donors (Lipinski definition) is 1. The van der Waals surface area contributed by atoms with Gasteiger partial charge in [0.05, 0.1) is 5.69 Å². The van der Waals surface area contributed by atoms with Crippen LogP contribution < -0.4 is 5.32 Å². The first-order valence-corrected chi connectivity index (χ1v) is 6.84. The summed E-state index contributed by atoms with van der Waals surface area (Å²) >= 11 is 3.48. The van der Waals surface area contributed by atoms with E-state index < -0.39 is 0 Å². The molecule has 1 aromatic carbocycles. The topological polar surface area (TPSA) is 29.1 Å². The molecule has 96 valence electrons. The maximum atomic E-state index is 11.8. The molecular formula is C15H18BrNO. The Morgan fingerprint density at radius 3 is 2.72 bits per heavy atom. The maximum absolute atomic E-state index is 11.8. The number of nitrogens with one attached hydrogen (secondary N) is 1. The van der Waals surface area contributed by atoms with Gasteiger partial charge in [0.2, 0.25) is 5.91 Å². The smallest absolute Gasteiger partial charge is 0.224 e. The number of anilines is 1. The number of terminal acetylenes is 1. The highest BCUT2D eigenvalue weighted by Crippen LogP contribution is 2.27. The summed E-state index contributed by atoms with van der Waals surface area (Å²) < 4.78 is 0.928. The lowest BCUT2D eigenvalue weighted by Crippen LogP contribution is -2.12. The van der Waals surface area contributed by atoms with Gasteiger partial charge in [0.15, 0.2) is 0 Å². The van der Waals surface area contributed by atoms with Gasteiger partial charge in [-0.1, -0.05) is 6.07 Å². The first-order valence-electron chi connectivity index (χ1n) is 6.04. The fraction of sp³-hybridized carbons (Fsp3) is 0.400. The Morgan fingerprint density at radius 2 is 2.11 bits per heavy atom. The average Bonchev–Trinajstić information content (AvgIpc) is 2.29. The number of carbonyl (C=O) groups is 1. The van der Waals surface area contributed by atoms with Crippen LogP contribution in [0.15, 0.2) is 16.6 Å². The summed E-state index contributed by atoms with van der Waals surface area (Å²) in [4.78, 5) is 11.8. The van der Waals surface area contributed by atoms with Gasteiger partial charge in [0, 0.05) is 17.3 Å². The monoisotopic (exact) mass is 307 g/mol. The minimum absolute atomic E-state index is 0.0414. The van der Waals surface area contributed by atoms with Gasteiger partial charge in [-0.05, 0) is 59.8 Å². The van der Waals surface area contributed by atoms with Crippen molar-refractivity contribution in [3.8, 4) is 12.3 Å². The molecule has 1 amide bonds. The molecule has 18 heavy (non-hydrogen) atoms. The van der Waals surface area contributed by atoms with Crippen molar-refractivity contribution in [3.05, 3.63) is 27.7 Å². The van der Waals surface area contributed by atoms with E-state index in [1.54, 1.807) is 0 Å². The zero-order valence-corrected chi connectivity index (χ0v) is 12.4. The average molecular weight is 308 g/mol. The van der Waals surface area contributed by atoms with E-state index in [9.17, 15) is 4.79 Å². The van der Waals surface area contributed by atoms with Gasteiger partial charge >= 0.3 is 0 Å². The third kappa shape index (κ3) is 4.54. The van der Waals surface area contributed by atoms with E-state index >= 15 is 0 Å². The number of unbranched alkanes of at least 4 members (excludes halogenated alkanes) is 2. The van der Waals surface area contributed by atoms with Crippen LogP contribution in [0.25, 0.3) is 0 Å². The zero-order valence-electron chi connectivity index (χ0n) is 10.8. The van der Waals surface area contributed by atoms with Crippen molar-refractivity contribution in [2.75, 3.05) is 5.32 Å². The van der Waals surface area contributed by atoms with Crippen molar-refractivity contribution in [1.29, 1.82) is 0 Å². The molecule has 0 aliphatic carbocycles. The molecule has 0 saturated carbocycles. The van der Waals surface area contributed by atoms with Crippen molar-refractivity contribution in [2.45, 2.75) is 39.5 Å². The Balaban J connectivity index is 2.57. The lowest BCUT2D eigenvalue weighted by molar-refractivity contribution is -0.116. The van der Waals surface area contributed by atoms with Crippen molar-refractivity contribution < 1.29 is 4.79 Å². The zero-order chi connectivity index (χ0) is 13.5. The number of rotatable bonds is 5. The molecule has 2 nitrogen and oxygen atoms in total. The van der Waals surface area contributed by atoms with E-state index in [1.165, 1.54) is 5.56 Å². The Labute approximate surface area is 117 Å². The molecule has 1 rings (SSSR count). The Hall–Kier alpha value is -1.27. The molecule has 3 heteroatoms. The minimum Gasteiger partial charge on any atom is -0.325 e. The lowest BCUT2D eigenvalue weighted by atomic mass is 10.1. The summed E-state index contributed by atoms with van der Waals surface area (Å²) in [5, 5.41) is 2.95. The summed E-state index contributed by atoms with van der Waals surface area (Å²) in [6.07, 6.45) is 8.15. The second-order valence-corrected chi connectivity index (χ2v) is 5.25. The van der Waals surface area contributed by atoms with E-state index in [0.29, 0.717) is 6.42 Å². The van der Waals surface area contributed by atoms with Gasteiger partial charge in [0.25, 0.3) is 0 Å². The fourth-order valence-corrected chi connectivity index (χ4v) is 2.56. The van der Waals surface area contributed by atoms with Gasteiger partial charge in [-0.15, -0.1) is 12.3 Å². The quantitative estimate of drug-likeness (QED) is 0.641. The number of benzene rings is 1. The first kappa shape index (κ1) is 14.8. The predicted octanol–water partition coefficient (Wildman–Crippen LogP) is 4.20. The summed E-state index contributed by atoms with van der Waals surface area (Å²) in [7, 11) is 0. The predicted molar refractivity (Wildman–Crippen MR) is 79.5 cm³/mol. The van der Waals surface area contributed by atoms with E-state index in [2.05, 4.69) is 33.2 Å². The molecule has 0 saturated heterocycles. The third-order valence-electron chi connectivity index (χ3n) is 2.67. The number of carbonyl (C=O) groups excluding carboxylic acids is 1. The molecule has 1 N–H and O–H groups in total. The van der Waals surface area contributed by atoms with Crippen LogP contribution in [0.1, 0.15) is 36.8 Å². The van der Waals surface area contributed by atoms with Crippen molar-refractivity contribution in [3.63, 3.8) is 0 Å². The van der Waals surface area contributed by atoms with Crippen LogP contribution in [0, 0.1) is 26.2 Å². The molecule has 0 fully saturated rings. The van der Waals surface area contributed by atoms with Gasteiger partial charge in [-0.3, -0.25) is 4.79 Å². The fourth-order valence-electron chi connectivity index (χ4n) is 1.79. The molecule has 0 atom stereocenters. The van der Waals surface area contributed by atoms with Crippen LogP contribution in [0.2, 0.25) is 0 Å². The van der Waals surface area contributed by atoms with Gasteiger partial charge in [-0.2, -0.15) is 0 Å². The largest absolute Gasteiger partial charge is 0.325 e. The van der Waals surface area contributed by atoms with Gasteiger partial charge < -0.3 is 5.32 Å². The molecule has 0 radical (unpaired) electrons.